The van der Waals surface area contributed by atoms with Crippen LogP contribution in [0, 0.1) is 5.92 Å². The minimum Gasteiger partial charge on any atom is -0.481 e. The molecule has 18 nitrogen and oxygen atoms in total. The highest BCUT2D eigenvalue weighted by atomic mass is 32.2. The van der Waals surface area contributed by atoms with Crippen LogP contribution in [0.2, 0.25) is 0 Å². The predicted molar refractivity (Wildman–Crippen MR) is 188 cm³/mol. The first kappa shape index (κ1) is 48.5. The van der Waals surface area contributed by atoms with Gasteiger partial charge in [-0.1, -0.05) is 6.92 Å². The quantitative estimate of drug-likeness (QED) is 0.0414. The van der Waals surface area contributed by atoms with Gasteiger partial charge in [0.05, 0.1) is 77.1 Å². The molecule has 0 radical (unpaired) electrons. The van der Waals surface area contributed by atoms with E-state index >= 15 is 0 Å². The summed E-state index contributed by atoms with van der Waals surface area (Å²) >= 11 is 0.889. The Hall–Kier alpha value is -3.49. The van der Waals surface area contributed by atoms with Crippen molar-refractivity contribution in [1.82, 2.24) is 16.0 Å². The number of ether oxygens (including phenoxy) is 4. The molecule has 0 aromatic rings. The van der Waals surface area contributed by atoms with Crippen LogP contribution < -0.4 is 21.7 Å². The number of thioether (sulfide) groups is 1. The molecule has 2 atom stereocenters. The number of rotatable bonds is 36. The number of aliphatic hydroxyl groups is 1. The molecule has 0 rings (SSSR count). The van der Waals surface area contributed by atoms with Crippen LogP contribution in [0.5, 0.6) is 0 Å². The Bertz CT molecular complexity index is 1110. The molecular weight excluding hydrogens is 708 g/mol. The number of Topliss-reactive ketones (excluding diaryl/α,β-unsaturated/α-hetero) is 3. The van der Waals surface area contributed by atoms with Gasteiger partial charge in [-0.2, -0.15) is 0 Å². The number of hydrogen-bond donors (Lipinski definition) is 6. The highest BCUT2D eigenvalue weighted by molar-refractivity contribution is 8.00. The second-order valence-electron chi connectivity index (χ2n) is 11.4. The largest absolute Gasteiger partial charge is 0.481 e. The molecule has 52 heavy (non-hydrogen) atoms. The fraction of sp³-hybridized carbons (Fsp3) is 0.758. The van der Waals surface area contributed by atoms with Crippen LogP contribution in [0.1, 0.15) is 64.7 Å². The SMILES string of the molecule is CCC(=O)CCC(=O)CCC(=O)NCCOCCOCCOCCOCCC(=O)CC(CSC(CC(=O)O)C(=O)NCCC(=O)NCCO)C(N)=O. The molecule has 7 N–H and O–H groups in total. The van der Waals surface area contributed by atoms with Gasteiger partial charge in [0.15, 0.2) is 0 Å². The predicted octanol–water partition coefficient (Wildman–Crippen LogP) is -1.08. The molecular formula is C33H56N4O14S. The van der Waals surface area contributed by atoms with Gasteiger partial charge in [-0.25, -0.2) is 0 Å². The molecule has 4 amide bonds. The fourth-order valence-corrected chi connectivity index (χ4v) is 5.31. The fourth-order valence-electron chi connectivity index (χ4n) is 4.07. The number of carbonyl (C=O) groups is 8. The maximum Gasteiger partial charge on any atom is 0.305 e. The summed E-state index contributed by atoms with van der Waals surface area (Å²) in [7, 11) is 0. The lowest BCUT2D eigenvalue weighted by molar-refractivity contribution is -0.138. The Kier molecular flexibility index (Phi) is 30.0. The van der Waals surface area contributed by atoms with Gasteiger partial charge in [0, 0.05) is 76.8 Å². The van der Waals surface area contributed by atoms with Crippen molar-refractivity contribution in [2.75, 3.05) is 84.8 Å². The topological polar surface area (TPSA) is 276 Å². The number of aliphatic carboxylic acids is 1. The van der Waals surface area contributed by atoms with Crippen molar-refractivity contribution in [1.29, 1.82) is 0 Å². The molecule has 0 aromatic heterocycles. The zero-order valence-electron chi connectivity index (χ0n) is 30.0. The summed E-state index contributed by atoms with van der Waals surface area (Å²) in [5.41, 5.74) is 5.45. The van der Waals surface area contributed by atoms with Crippen LogP contribution in [0.25, 0.3) is 0 Å². The standard InChI is InChI=1S/C33H56N4O14S/c1-2-25(39)3-4-26(40)5-6-29(42)36-11-14-49-16-18-51-20-19-50-17-15-48-13-8-27(41)21-24(32(34)46)23-52-28(22-31(44)45)33(47)37-9-7-30(43)35-10-12-38/h24,28,38H,2-23H2,1H3,(H2,34,46)(H,35,43)(H,36,42)(H,37,47)(H,44,45). The van der Waals surface area contributed by atoms with Gasteiger partial charge in [-0.05, 0) is 0 Å². The number of nitrogens with one attached hydrogen (secondary N) is 3. The summed E-state index contributed by atoms with van der Waals surface area (Å²) < 4.78 is 21.6. The summed E-state index contributed by atoms with van der Waals surface area (Å²) in [6, 6.07) is 0. The highest BCUT2D eigenvalue weighted by Crippen LogP contribution is 2.21. The Balaban J connectivity index is 3.97. The van der Waals surface area contributed by atoms with Crippen LogP contribution >= 0.6 is 11.8 Å². The molecule has 19 heteroatoms. The highest BCUT2D eigenvalue weighted by Gasteiger charge is 2.27. The third-order valence-corrected chi connectivity index (χ3v) is 8.41. The third kappa shape index (κ3) is 29.1. The summed E-state index contributed by atoms with van der Waals surface area (Å²) in [4.78, 5) is 94.5. The van der Waals surface area contributed by atoms with E-state index in [1.54, 1.807) is 6.92 Å². The molecule has 0 aromatic carbocycles. The second kappa shape index (κ2) is 32.2. The van der Waals surface area contributed by atoms with E-state index in [1.165, 1.54) is 0 Å². The number of ketones is 3. The zero-order valence-corrected chi connectivity index (χ0v) is 30.8. The Morgan fingerprint density at radius 3 is 1.73 bits per heavy atom. The number of carboxylic acid groups (broad SMARTS) is 1. The summed E-state index contributed by atoms with van der Waals surface area (Å²) in [6.45, 7) is 3.96. The van der Waals surface area contributed by atoms with E-state index in [-0.39, 0.29) is 120 Å². The van der Waals surface area contributed by atoms with Crippen LogP contribution in [-0.2, 0) is 57.3 Å². The molecule has 0 fully saturated rings. The van der Waals surface area contributed by atoms with Gasteiger partial charge in [0.25, 0.3) is 0 Å². The number of hydrogen-bond acceptors (Lipinski definition) is 14. The van der Waals surface area contributed by atoms with Crippen molar-refractivity contribution in [3.63, 3.8) is 0 Å². The van der Waals surface area contributed by atoms with Gasteiger partial charge in [-0.3, -0.25) is 38.4 Å². The third-order valence-electron chi connectivity index (χ3n) is 7.03. The summed E-state index contributed by atoms with van der Waals surface area (Å²) in [6.07, 6.45) is 0.182. The molecule has 2 unspecified atom stereocenters. The Labute approximate surface area is 308 Å². The average molecular weight is 765 g/mol. The van der Waals surface area contributed by atoms with Crippen LogP contribution in [0.15, 0.2) is 0 Å². The summed E-state index contributed by atoms with van der Waals surface area (Å²) in [5, 5.41) is 24.4. The number of carbonyl (C=O) groups excluding carboxylic acids is 7. The molecule has 0 bridgehead atoms. The van der Waals surface area contributed by atoms with E-state index in [2.05, 4.69) is 16.0 Å². The monoisotopic (exact) mass is 764 g/mol. The van der Waals surface area contributed by atoms with Crippen molar-refractivity contribution >= 4 is 58.7 Å². The van der Waals surface area contributed by atoms with Crippen LogP contribution in [0.4, 0.5) is 0 Å². The first-order valence-corrected chi connectivity index (χ1v) is 18.3. The van der Waals surface area contributed by atoms with Crippen LogP contribution in [0.3, 0.4) is 0 Å². The van der Waals surface area contributed by atoms with Gasteiger partial charge in [0.2, 0.25) is 23.6 Å². The molecule has 298 valence electrons. The Morgan fingerprint density at radius 1 is 0.615 bits per heavy atom. The lowest BCUT2D eigenvalue weighted by Gasteiger charge is -2.18. The molecule has 0 saturated carbocycles. The van der Waals surface area contributed by atoms with E-state index in [1.807, 2.05) is 0 Å². The van der Waals surface area contributed by atoms with E-state index in [9.17, 15) is 43.5 Å². The van der Waals surface area contributed by atoms with E-state index in [0.29, 0.717) is 39.4 Å². The zero-order chi connectivity index (χ0) is 39.0. The summed E-state index contributed by atoms with van der Waals surface area (Å²) in [5.74, 6) is -4.63. The molecule has 0 aliphatic heterocycles. The molecule has 0 aliphatic rings. The average Bonchev–Trinajstić information content (AvgIpc) is 3.10. The number of amides is 4. The smallest absolute Gasteiger partial charge is 0.305 e. The molecule has 0 saturated heterocycles. The molecule has 0 heterocycles. The van der Waals surface area contributed by atoms with E-state index in [0.717, 1.165) is 11.8 Å². The first-order chi connectivity index (χ1) is 24.9. The van der Waals surface area contributed by atoms with E-state index < -0.39 is 41.3 Å². The maximum absolute atomic E-state index is 12.5. The minimum atomic E-state index is -1.24. The number of primary amides is 1. The lowest BCUT2D eigenvalue weighted by Crippen LogP contribution is -2.38. The normalized spacial score (nSPS) is 12.0. The Morgan fingerprint density at radius 2 is 1.15 bits per heavy atom. The van der Waals surface area contributed by atoms with Gasteiger partial charge >= 0.3 is 5.97 Å². The number of aliphatic hydroxyl groups excluding tert-OH is 1. The van der Waals surface area contributed by atoms with Gasteiger partial charge < -0.3 is 50.8 Å². The van der Waals surface area contributed by atoms with Gasteiger partial charge in [0.1, 0.15) is 17.3 Å². The van der Waals surface area contributed by atoms with Gasteiger partial charge in [-0.15, -0.1) is 11.8 Å². The van der Waals surface area contributed by atoms with Crippen molar-refractivity contribution in [3.05, 3.63) is 0 Å². The second-order valence-corrected chi connectivity index (χ2v) is 12.6. The molecule has 0 spiro atoms. The van der Waals surface area contributed by atoms with Crippen molar-refractivity contribution in [2.45, 2.75) is 70.0 Å². The van der Waals surface area contributed by atoms with E-state index in [4.69, 9.17) is 29.8 Å². The first-order valence-electron chi connectivity index (χ1n) is 17.3. The maximum atomic E-state index is 12.5. The number of carboxylic acids is 1. The molecule has 0 aliphatic carbocycles. The van der Waals surface area contributed by atoms with Crippen molar-refractivity contribution < 1.29 is 67.5 Å². The number of nitrogens with two attached hydrogens (primary N) is 1. The minimum absolute atomic E-state index is 0.0145. The van der Waals surface area contributed by atoms with Crippen molar-refractivity contribution in [2.24, 2.45) is 11.7 Å². The van der Waals surface area contributed by atoms with Crippen molar-refractivity contribution in [3.8, 4) is 0 Å². The lowest BCUT2D eigenvalue weighted by atomic mass is 10.0. The van der Waals surface area contributed by atoms with Crippen LogP contribution in [-0.4, -0.2) is 147 Å².